The number of carboxylic acids is 2. The standard InChI is InChI=1S/C15H19N5O4S.2Na/c21-13(22)6-2-8-19(9-3-7-14(23)24)11-4-1-5-12(10-11)20-15(25)16-17-18-20;;/h1,4-5,10H,2-3,6-9H2,(H,21,22)(H,23,24)(H,16,18,25);;/q;2*+1/p-2. The summed E-state index contributed by atoms with van der Waals surface area (Å²) in [6.45, 7) is 0.911. The number of nitrogens with one attached hydrogen (secondary N) is 1. The fourth-order valence-electron chi connectivity index (χ4n) is 2.39. The van der Waals surface area contributed by atoms with Gasteiger partial charge in [0.25, 0.3) is 0 Å². The van der Waals surface area contributed by atoms with Crippen LogP contribution in [0.4, 0.5) is 5.69 Å². The van der Waals surface area contributed by atoms with Crippen molar-refractivity contribution < 1.29 is 78.9 Å². The summed E-state index contributed by atoms with van der Waals surface area (Å²) in [5.74, 6) is -2.23. The Morgan fingerprint density at radius 2 is 1.70 bits per heavy atom. The first kappa shape index (κ1) is 26.2. The van der Waals surface area contributed by atoms with Gasteiger partial charge < -0.3 is 24.7 Å². The molecular weight excluding hydrogens is 392 g/mol. The number of anilines is 1. The second-order valence-electron chi connectivity index (χ2n) is 5.38. The van der Waals surface area contributed by atoms with E-state index in [2.05, 4.69) is 15.5 Å². The molecule has 0 unspecified atom stereocenters. The van der Waals surface area contributed by atoms with Crippen LogP contribution in [0.2, 0.25) is 0 Å². The van der Waals surface area contributed by atoms with E-state index < -0.39 is 11.9 Å². The van der Waals surface area contributed by atoms with Crippen molar-refractivity contribution in [3.63, 3.8) is 0 Å². The second-order valence-corrected chi connectivity index (χ2v) is 5.74. The Morgan fingerprint density at radius 1 is 1.11 bits per heavy atom. The van der Waals surface area contributed by atoms with E-state index in [0.29, 0.717) is 25.9 Å². The number of nitrogens with zero attached hydrogens (tertiary/aromatic N) is 4. The zero-order valence-corrected chi connectivity index (χ0v) is 20.2. The molecule has 0 bridgehead atoms. The molecule has 1 aromatic heterocycles. The van der Waals surface area contributed by atoms with Crippen LogP contribution in [0.25, 0.3) is 5.69 Å². The van der Waals surface area contributed by atoms with Crippen molar-refractivity contribution in [2.45, 2.75) is 25.7 Å². The number of rotatable bonds is 10. The monoisotopic (exact) mass is 409 g/mol. The summed E-state index contributed by atoms with van der Waals surface area (Å²) in [6.07, 6.45) is 0.657. The minimum Gasteiger partial charge on any atom is -0.550 e. The average Bonchev–Trinajstić information content (AvgIpc) is 2.99. The van der Waals surface area contributed by atoms with Crippen molar-refractivity contribution in [2.24, 2.45) is 0 Å². The molecule has 0 aliphatic carbocycles. The Hall–Kier alpha value is -0.750. The van der Waals surface area contributed by atoms with E-state index in [1.54, 1.807) is 0 Å². The van der Waals surface area contributed by atoms with Crippen molar-refractivity contribution in [3.8, 4) is 5.69 Å². The Balaban J connectivity index is 0.00000338. The molecule has 0 fully saturated rings. The first-order valence-corrected chi connectivity index (χ1v) is 8.13. The first-order chi connectivity index (χ1) is 12.0. The maximum Gasteiger partial charge on any atom is 1.00 e. The number of hydrogen-bond acceptors (Lipinski definition) is 8. The molecule has 2 aromatic rings. The van der Waals surface area contributed by atoms with Gasteiger partial charge in [0.15, 0.2) is 0 Å². The van der Waals surface area contributed by atoms with Crippen molar-refractivity contribution in [3.05, 3.63) is 29.0 Å². The van der Waals surface area contributed by atoms with Gasteiger partial charge in [-0.05, 0) is 56.1 Å². The molecule has 0 atom stereocenters. The third-order valence-corrected chi connectivity index (χ3v) is 3.81. The summed E-state index contributed by atoms with van der Waals surface area (Å²) in [4.78, 5) is 23.2. The van der Waals surface area contributed by atoms with E-state index in [1.807, 2.05) is 29.2 Å². The van der Waals surface area contributed by atoms with Crippen molar-refractivity contribution in [1.29, 1.82) is 0 Å². The van der Waals surface area contributed by atoms with Gasteiger partial charge in [0.2, 0.25) is 4.77 Å². The first-order valence-electron chi connectivity index (χ1n) is 7.72. The van der Waals surface area contributed by atoms with Crippen LogP contribution >= 0.6 is 12.2 Å². The minimum absolute atomic E-state index is 0. The molecule has 27 heavy (non-hydrogen) atoms. The summed E-state index contributed by atoms with van der Waals surface area (Å²) < 4.78 is 1.80. The molecule has 1 aromatic carbocycles. The zero-order chi connectivity index (χ0) is 18.2. The van der Waals surface area contributed by atoms with Crippen molar-refractivity contribution >= 4 is 29.8 Å². The number of aromatic nitrogens is 4. The molecule has 0 saturated carbocycles. The molecule has 0 amide bonds. The quantitative estimate of drug-likeness (QED) is 0.303. The summed E-state index contributed by atoms with van der Waals surface area (Å²) in [6, 6.07) is 7.33. The minimum atomic E-state index is -1.11. The molecule has 0 spiro atoms. The molecule has 0 saturated heterocycles. The van der Waals surface area contributed by atoms with Gasteiger partial charge in [0, 0.05) is 30.7 Å². The number of carboxylic acid groups (broad SMARTS) is 2. The van der Waals surface area contributed by atoms with Gasteiger partial charge in [-0.25, -0.2) is 4.68 Å². The van der Waals surface area contributed by atoms with Crippen molar-refractivity contribution in [2.75, 3.05) is 18.0 Å². The molecule has 134 valence electrons. The van der Waals surface area contributed by atoms with Crippen LogP contribution in [0.3, 0.4) is 0 Å². The molecule has 0 aliphatic rings. The van der Waals surface area contributed by atoms with E-state index in [1.165, 1.54) is 4.68 Å². The molecule has 9 nitrogen and oxygen atoms in total. The normalized spacial score (nSPS) is 9.78. The van der Waals surface area contributed by atoms with Crippen LogP contribution in [-0.2, 0) is 9.59 Å². The summed E-state index contributed by atoms with van der Waals surface area (Å²) in [5.41, 5.74) is 1.53. The van der Waals surface area contributed by atoms with Crippen LogP contribution in [-0.4, -0.2) is 45.2 Å². The fraction of sp³-hybridized carbons (Fsp3) is 0.400. The number of tetrazole rings is 1. The van der Waals surface area contributed by atoms with Crippen LogP contribution in [0, 0.1) is 4.77 Å². The summed E-state index contributed by atoms with van der Waals surface area (Å²) in [5, 5.41) is 31.3. The molecule has 1 heterocycles. The fourth-order valence-corrected chi connectivity index (χ4v) is 2.58. The third-order valence-electron chi connectivity index (χ3n) is 3.54. The Bertz CT molecular complexity index is 778. The Kier molecular flexibility index (Phi) is 13.1. The zero-order valence-electron chi connectivity index (χ0n) is 15.4. The van der Waals surface area contributed by atoms with Crippen LogP contribution in [0.15, 0.2) is 24.3 Å². The van der Waals surface area contributed by atoms with Gasteiger partial charge in [0.1, 0.15) is 0 Å². The average molecular weight is 409 g/mol. The number of hydrogen-bond donors (Lipinski definition) is 1. The topological polar surface area (TPSA) is 130 Å². The largest absolute Gasteiger partial charge is 1.00 e. The van der Waals surface area contributed by atoms with Crippen LogP contribution < -0.4 is 74.2 Å². The van der Waals surface area contributed by atoms with E-state index in [0.717, 1.165) is 11.4 Å². The van der Waals surface area contributed by atoms with Gasteiger partial charge in [0.05, 0.1) is 5.69 Å². The van der Waals surface area contributed by atoms with Gasteiger partial charge in [-0.15, -0.1) is 0 Å². The van der Waals surface area contributed by atoms with Crippen LogP contribution in [0.1, 0.15) is 25.7 Å². The van der Waals surface area contributed by atoms with Crippen molar-refractivity contribution in [1.82, 2.24) is 20.2 Å². The molecule has 0 radical (unpaired) electrons. The molecule has 2 rings (SSSR count). The van der Waals surface area contributed by atoms with Crippen LogP contribution in [0.5, 0.6) is 0 Å². The SMILES string of the molecule is O=C([O-])CCCN(CCCC(=O)[O-])c1cccc(-n2[nH]nnc2=S)c1.[Na+].[Na+]. The smallest absolute Gasteiger partial charge is 0.550 e. The molecule has 1 N–H and O–H groups in total. The van der Waals surface area contributed by atoms with Gasteiger partial charge in [-0.2, -0.15) is 5.21 Å². The molecular formula is C15H17N5Na2O4S. The molecule has 0 aliphatic heterocycles. The summed E-state index contributed by atoms with van der Waals surface area (Å²) in [7, 11) is 0. The van der Waals surface area contributed by atoms with E-state index in [9.17, 15) is 19.8 Å². The van der Waals surface area contributed by atoms with Gasteiger partial charge in [-0.3, -0.25) is 0 Å². The van der Waals surface area contributed by atoms with Gasteiger partial charge >= 0.3 is 59.1 Å². The molecule has 12 heteroatoms. The Morgan fingerprint density at radius 3 is 2.19 bits per heavy atom. The van der Waals surface area contributed by atoms with Gasteiger partial charge in [-0.1, -0.05) is 16.4 Å². The third kappa shape index (κ3) is 8.86. The number of benzene rings is 1. The number of aromatic amines is 1. The maximum absolute atomic E-state index is 10.6. The van der Waals surface area contributed by atoms with E-state index >= 15 is 0 Å². The number of carbonyl (C=O) groups excluding carboxylic acids is 2. The summed E-state index contributed by atoms with van der Waals surface area (Å²) >= 11 is 5.07. The van der Waals surface area contributed by atoms with E-state index in [4.69, 9.17) is 12.2 Å². The predicted molar refractivity (Wildman–Crippen MR) is 87.2 cm³/mol. The Labute approximate surface area is 205 Å². The predicted octanol–water partition coefficient (Wildman–Crippen LogP) is -6.80. The number of carbonyl (C=O) groups is 2. The number of aliphatic carboxylic acids is 2. The number of H-pyrrole nitrogens is 1. The second kappa shape index (κ2) is 13.4. The maximum atomic E-state index is 10.6. The van der Waals surface area contributed by atoms with E-state index in [-0.39, 0.29) is 76.7 Å².